The maximum atomic E-state index is 12.6. The van der Waals surface area contributed by atoms with Gasteiger partial charge in [0.15, 0.2) is 23.9 Å². The second-order valence-electron chi connectivity index (χ2n) is 10.2. The number of nitrogen functional groups attached to an aromatic ring is 1. The number of nitrogens with zero attached hydrogens (tertiary/aromatic N) is 6. The molecule has 1 amide bonds. The first-order valence-electron chi connectivity index (χ1n) is 13.1. The highest BCUT2D eigenvalue weighted by Crippen LogP contribution is 2.61. The maximum Gasteiger partial charge on any atom is 0.481 e. The summed E-state index contributed by atoms with van der Waals surface area (Å²) in [5.74, 6) is -0.740. The maximum absolute atomic E-state index is 12.6. The fourth-order valence-electron chi connectivity index (χ4n) is 4.84. The number of imidazole rings is 1. The SMILES string of the molecule is N#C[C@]1(COP(=O)(O)OP(=O)(O)OC[C@H]2O[C@@H](N3C=CCC(C(N)=O)=C3)[C@H](O)[C@@H]2O)O[C@@H](n2cnc3c(N)ncnc32)[C@H](O)[C@@H]1O. The summed E-state index contributed by atoms with van der Waals surface area (Å²) < 4.78 is 50.8. The van der Waals surface area contributed by atoms with Gasteiger partial charge in [-0.3, -0.25) is 18.4 Å². The van der Waals surface area contributed by atoms with E-state index in [4.69, 9.17) is 20.9 Å². The van der Waals surface area contributed by atoms with Crippen molar-refractivity contribution in [2.45, 2.75) is 55.0 Å². The van der Waals surface area contributed by atoms with Crippen LogP contribution in [0.4, 0.5) is 5.82 Å². The van der Waals surface area contributed by atoms with Gasteiger partial charge < -0.3 is 56.1 Å². The zero-order valence-corrected chi connectivity index (χ0v) is 25.0. The zero-order chi connectivity index (χ0) is 33.6. The number of anilines is 1. The number of nitrogens with two attached hydrogens (primary N) is 2. The molecule has 2 aromatic rings. The Morgan fingerprint density at radius 1 is 1.11 bits per heavy atom. The van der Waals surface area contributed by atoms with Gasteiger partial charge in [-0.2, -0.15) is 9.57 Å². The van der Waals surface area contributed by atoms with Crippen molar-refractivity contribution < 1.29 is 67.0 Å². The Labute approximate surface area is 257 Å². The van der Waals surface area contributed by atoms with E-state index in [0.29, 0.717) is 0 Å². The second-order valence-corrected chi connectivity index (χ2v) is 13.3. The van der Waals surface area contributed by atoms with Crippen LogP contribution in [0, 0.1) is 11.3 Å². The topological polar surface area (TPSA) is 341 Å². The lowest BCUT2D eigenvalue weighted by atomic mass is 9.98. The van der Waals surface area contributed by atoms with Crippen LogP contribution in [0.1, 0.15) is 12.6 Å². The van der Waals surface area contributed by atoms with Crippen LogP contribution >= 0.6 is 15.6 Å². The summed E-state index contributed by atoms with van der Waals surface area (Å²) in [6.45, 7) is -2.21. The molecule has 46 heavy (non-hydrogen) atoms. The number of carbonyl (C=O) groups excluding carboxylic acids is 1. The third-order valence-electron chi connectivity index (χ3n) is 7.19. The third-order valence-corrected chi connectivity index (χ3v) is 9.77. The molecule has 3 aliphatic rings. The van der Waals surface area contributed by atoms with E-state index < -0.39 is 83.3 Å². The fourth-order valence-corrected chi connectivity index (χ4v) is 6.95. The van der Waals surface area contributed by atoms with Crippen LogP contribution in [0.5, 0.6) is 0 Å². The molecule has 0 spiro atoms. The number of nitriles is 1. The van der Waals surface area contributed by atoms with Crippen molar-refractivity contribution in [3.8, 4) is 6.07 Å². The summed E-state index contributed by atoms with van der Waals surface area (Å²) in [5, 5.41) is 51.8. The molecular formula is C22H28N8O14P2. The molecule has 2 aromatic heterocycles. The highest BCUT2D eigenvalue weighted by molar-refractivity contribution is 7.61. The normalized spacial score (nSPS) is 33.8. The van der Waals surface area contributed by atoms with Crippen molar-refractivity contribution in [1.29, 1.82) is 5.26 Å². The van der Waals surface area contributed by atoms with E-state index in [1.807, 2.05) is 0 Å². The van der Waals surface area contributed by atoms with Crippen molar-refractivity contribution in [2.75, 3.05) is 18.9 Å². The third kappa shape index (κ3) is 6.55. The molecule has 3 aliphatic heterocycles. The van der Waals surface area contributed by atoms with Crippen LogP contribution in [0.15, 0.2) is 36.7 Å². The number of amides is 1. The Morgan fingerprint density at radius 2 is 1.83 bits per heavy atom. The first kappa shape index (κ1) is 34.0. The van der Waals surface area contributed by atoms with Gasteiger partial charge >= 0.3 is 15.6 Å². The van der Waals surface area contributed by atoms with E-state index in [-0.39, 0.29) is 29.0 Å². The largest absolute Gasteiger partial charge is 0.481 e. The predicted octanol–water partition coefficient (Wildman–Crippen LogP) is -2.79. The van der Waals surface area contributed by atoms with E-state index in [2.05, 4.69) is 28.3 Å². The molecule has 0 aromatic carbocycles. The van der Waals surface area contributed by atoms with Gasteiger partial charge in [-0.1, -0.05) is 6.08 Å². The van der Waals surface area contributed by atoms with Gasteiger partial charge in [0.25, 0.3) is 0 Å². The van der Waals surface area contributed by atoms with Gasteiger partial charge in [-0.05, 0) is 6.42 Å². The number of allylic oxidation sites excluding steroid dienone is 1. The minimum absolute atomic E-state index is 0.0132. The molecule has 5 heterocycles. The number of aliphatic hydroxyl groups is 4. The number of hydrogen-bond acceptors (Lipinski definition) is 18. The molecular weight excluding hydrogens is 662 g/mol. The minimum atomic E-state index is -5.57. The number of aliphatic hydroxyl groups excluding tert-OH is 4. The molecule has 0 radical (unpaired) electrons. The first-order valence-corrected chi connectivity index (χ1v) is 16.1. The number of ether oxygens (including phenoxy) is 2. The Bertz CT molecular complexity index is 1700. The lowest BCUT2D eigenvalue weighted by molar-refractivity contribution is -0.115. The summed E-state index contributed by atoms with van der Waals surface area (Å²) >= 11 is 0. The van der Waals surface area contributed by atoms with E-state index in [0.717, 1.165) is 17.2 Å². The van der Waals surface area contributed by atoms with Crippen molar-refractivity contribution in [3.63, 3.8) is 0 Å². The van der Waals surface area contributed by atoms with Crippen molar-refractivity contribution in [1.82, 2.24) is 24.4 Å². The van der Waals surface area contributed by atoms with Gasteiger partial charge in [-0.15, -0.1) is 0 Å². The molecule has 24 heteroatoms. The molecule has 5 rings (SSSR count). The van der Waals surface area contributed by atoms with Crippen molar-refractivity contribution in [3.05, 3.63) is 36.7 Å². The van der Waals surface area contributed by atoms with Gasteiger partial charge in [0.2, 0.25) is 11.5 Å². The summed E-state index contributed by atoms with van der Waals surface area (Å²) in [6.07, 6.45) is -4.74. The van der Waals surface area contributed by atoms with E-state index in [1.54, 1.807) is 12.1 Å². The van der Waals surface area contributed by atoms with Crippen LogP contribution in [0.3, 0.4) is 0 Å². The van der Waals surface area contributed by atoms with Crippen LogP contribution < -0.4 is 11.5 Å². The quantitative estimate of drug-likeness (QED) is 0.110. The smallest absolute Gasteiger partial charge is 0.387 e. The molecule has 2 saturated heterocycles. The summed E-state index contributed by atoms with van der Waals surface area (Å²) in [6, 6.07) is 1.55. The fraction of sp³-hybridized carbons (Fsp3) is 0.500. The van der Waals surface area contributed by atoms with Gasteiger partial charge in [0.1, 0.15) is 55.0 Å². The molecule has 0 bridgehead atoms. The lowest BCUT2D eigenvalue weighted by Crippen LogP contribution is -2.45. The average Bonchev–Trinajstić information content (AvgIpc) is 3.64. The second kappa shape index (κ2) is 12.7. The zero-order valence-electron chi connectivity index (χ0n) is 23.2. The number of phosphoric ester groups is 2. The van der Waals surface area contributed by atoms with Crippen LogP contribution in [-0.2, 0) is 36.8 Å². The van der Waals surface area contributed by atoms with Crippen molar-refractivity contribution >= 4 is 38.5 Å². The minimum Gasteiger partial charge on any atom is -0.387 e. The molecule has 22 nitrogen and oxygen atoms in total. The number of rotatable bonds is 11. The van der Waals surface area contributed by atoms with E-state index in [9.17, 15) is 49.4 Å². The Balaban J connectivity index is 1.20. The van der Waals surface area contributed by atoms with E-state index >= 15 is 0 Å². The molecule has 2 unspecified atom stereocenters. The lowest BCUT2D eigenvalue weighted by Gasteiger charge is -2.28. The molecule has 250 valence electrons. The van der Waals surface area contributed by atoms with Crippen LogP contribution in [0.25, 0.3) is 11.2 Å². The first-order chi connectivity index (χ1) is 21.6. The Morgan fingerprint density at radius 3 is 2.52 bits per heavy atom. The molecule has 0 saturated carbocycles. The van der Waals surface area contributed by atoms with Crippen LogP contribution in [0.2, 0.25) is 0 Å². The molecule has 0 aliphatic carbocycles. The highest BCUT2D eigenvalue weighted by atomic mass is 31.3. The summed E-state index contributed by atoms with van der Waals surface area (Å²) in [5.41, 5.74) is 8.85. The summed E-state index contributed by atoms with van der Waals surface area (Å²) in [7, 11) is -11.0. The molecule has 2 fully saturated rings. The summed E-state index contributed by atoms with van der Waals surface area (Å²) in [4.78, 5) is 44.7. The number of phosphoric acid groups is 2. The number of hydrogen-bond donors (Lipinski definition) is 8. The standard InChI is InChI=1S/C22H28N8O14P2/c23-6-22(16(34)15(33)21(43-22)30-9-28-12-17(24)26-8-27-19(12)30)7-41-46(38,39)44-45(36,37)40-5-11-13(31)14(32)20(42-11)29-3-1-2-10(4-29)18(25)35/h1,3-4,8-9,11,13-16,20-21,31-34H,2,5,7H2,(H2,25,35)(H,36,37)(H,38,39)(H2,24,26,27)/t11-,13-,14-,15-,16+,20-,21-,22-/m1/s1. The van der Waals surface area contributed by atoms with Gasteiger partial charge in [0, 0.05) is 18.0 Å². The monoisotopic (exact) mass is 690 g/mol. The number of aromatic nitrogens is 4. The average molecular weight is 690 g/mol. The molecule has 10 atom stereocenters. The predicted molar refractivity (Wildman–Crippen MR) is 146 cm³/mol. The van der Waals surface area contributed by atoms with E-state index in [1.165, 1.54) is 17.3 Å². The van der Waals surface area contributed by atoms with Crippen LogP contribution in [-0.4, -0.2) is 116 Å². The number of fused-ring (bicyclic) bond motifs is 1. The van der Waals surface area contributed by atoms with Gasteiger partial charge in [-0.25, -0.2) is 24.1 Å². The Kier molecular flexibility index (Phi) is 9.35. The Hall–Kier alpha value is -3.39. The number of carbonyl (C=O) groups is 1. The molecule has 10 N–H and O–H groups in total. The van der Waals surface area contributed by atoms with Gasteiger partial charge in [0.05, 0.1) is 12.9 Å². The number of primary amides is 1. The van der Waals surface area contributed by atoms with Crippen molar-refractivity contribution in [2.24, 2.45) is 5.73 Å². The highest BCUT2D eigenvalue weighted by Gasteiger charge is 2.57.